The van der Waals surface area contributed by atoms with Gasteiger partial charge in [-0.05, 0) is 36.6 Å². The van der Waals surface area contributed by atoms with Gasteiger partial charge in [-0.3, -0.25) is 14.4 Å². The van der Waals surface area contributed by atoms with Crippen LogP contribution in [0, 0.1) is 0 Å². The van der Waals surface area contributed by atoms with Crippen LogP contribution < -0.4 is 16.0 Å². The molecule has 2 aromatic carbocycles. The molecule has 3 amide bonds. The van der Waals surface area contributed by atoms with Gasteiger partial charge < -0.3 is 20.7 Å². The fourth-order valence-electron chi connectivity index (χ4n) is 3.52. The van der Waals surface area contributed by atoms with E-state index in [1.54, 1.807) is 24.3 Å². The zero-order valence-corrected chi connectivity index (χ0v) is 16.4. The first-order valence-electron chi connectivity index (χ1n) is 9.59. The summed E-state index contributed by atoms with van der Waals surface area (Å²) in [6.07, 6.45) is 1.55. The summed E-state index contributed by atoms with van der Waals surface area (Å²) in [5.74, 6) is -1.66. The minimum Gasteiger partial charge on any atom is -0.381 e. The molecule has 1 fully saturated rings. The lowest BCUT2D eigenvalue weighted by atomic mass is 9.74. The number of benzene rings is 2. The van der Waals surface area contributed by atoms with Gasteiger partial charge in [0.15, 0.2) is 0 Å². The Balaban J connectivity index is 1.63. The molecule has 3 N–H and O–H groups in total. The Morgan fingerprint density at radius 1 is 0.897 bits per heavy atom. The molecule has 0 spiro atoms. The van der Waals surface area contributed by atoms with Crippen LogP contribution in [0.5, 0.6) is 0 Å². The van der Waals surface area contributed by atoms with Crippen molar-refractivity contribution in [2.75, 3.05) is 30.4 Å². The minimum atomic E-state index is -0.750. The van der Waals surface area contributed by atoms with Crippen LogP contribution in [0.1, 0.15) is 25.3 Å². The Bertz CT molecular complexity index is 877. The summed E-state index contributed by atoms with van der Waals surface area (Å²) < 4.78 is 5.50. The maximum atomic E-state index is 12.4. The van der Waals surface area contributed by atoms with E-state index in [9.17, 15) is 14.4 Å². The molecule has 0 radical (unpaired) electrons. The maximum absolute atomic E-state index is 12.4. The first-order chi connectivity index (χ1) is 14.0. The monoisotopic (exact) mass is 395 g/mol. The number of carbonyl (C=O) groups excluding carboxylic acids is 3. The van der Waals surface area contributed by atoms with Gasteiger partial charge in [0, 0.05) is 43.5 Å². The van der Waals surface area contributed by atoms with Gasteiger partial charge in [0.05, 0.1) is 0 Å². The molecule has 1 aliphatic rings. The molecular formula is C22H25N3O4. The van der Waals surface area contributed by atoms with E-state index in [4.69, 9.17) is 4.74 Å². The molecule has 1 heterocycles. The zero-order chi connectivity index (χ0) is 20.7. The number of hydrogen-bond acceptors (Lipinski definition) is 4. The van der Waals surface area contributed by atoms with Crippen molar-refractivity contribution in [1.82, 2.24) is 5.32 Å². The fourth-order valence-corrected chi connectivity index (χ4v) is 3.52. The summed E-state index contributed by atoms with van der Waals surface area (Å²) in [5.41, 5.74) is 1.86. The van der Waals surface area contributed by atoms with E-state index in [1.165, 1.54) is 6.92 Å². The summed E-state index contributed by atoms with van der Waals surface area (Å²) in [5, 5.41) is 7.99. The Morgan fingerprint density at radius 2 is 1.55 bits per heavy atom. The molecule has 0 atom stereocenters. The van der Waals surface area contributed by atoms with Crippen LogP contribution >= 0.6 is 0 Å². The molecule has 0 unspecified atom stereocenters. The number of ether oxygens (including phenoxy) is 1. The van der Waals surface area contributed by atoms with Crippen LogP contribution in [-0.4, -0.2) is 37.5 Å². The second-order valence-corrected chi connectivity index (χ2v) is 7.16. The highest BCUT2D eigenvalue weighted by molar-refractivity contribution is 6.39. The van der Waals surface area contributed by atoms with Crippen molar-refractivity contribution >= 4 is 29.1 Å². The predicted molar refractivity (Wildman–Crippen MR) is 111 cm³/mol. The molecule has 7 heteroatoms. The molecule has 0 aliphatic carbocycles. The quantitative estimate of drug-likeness (QED) is 0.678. The number of rotatable bonds is 5. The number of amides is 3. The van der Waals surface area contributed by atoms with Crippen LogP contribution in [-0.2, 0) is 24.5 Å². The van der Waals surface area contributed by atoms with Gasteiger partial charge in [0.1, 0.15) is 0 Å². The number of carbonyl (C=O) groups is 3. The van der Waals surface area contributed by atoms with Crippen molar-refractivity contribution < 1.29 is 19.1 Å². The first-order valence-corrected chi connectivity index (χ1v) is 9.59. The zero-order valence-electron chi connectivity index (χ0n) is 16.4. The van der Waals surface area contributed by atoms with E-state index in [-0.39, 0.29) is 11.3 Å². The SMILES string of the molecule is CC(=O)Nc1cccc(NC(=O)C(=O)NCC2(c3ccccc3)CCOCC2)c1. The predicted octanol–water partition coefficient (Wildman–Crippen LogP) is 2.45. The molecular weight excluding hydrogens is 370 g/mol. The molecule has 0 aromatic heterocycles. The molecule has 0 saturated carbocycles. The van der Waals surface area contributed by atoms with Crippen molar-refractivity contribution in [3.63, 3.8) is 0 Å². The van der Waals surface area contributed by atoms with E-state index in [0.717, 1.165) is 18.4 Å². The summed E-state index contributed by atoms with van der Waals surface area (Å²) >= 11 is 0. The lowest BCUT2D eigenvalue weighted by Crippen LogP contribution is -2.47. The third-order valence-corrected chi connectivity index (χ3v) is 5.07. The summed E-state index contributed by atoms with van der Waals surface area (Å²) in [6.45, 7) is 3.00. The molecule has 3 rings (SSSR count). The second kappa shape index (κ2) is 9.34. The van der Waals surface area contributed by atoms with Crippen LogP contribution in [0.25, 0.3) is 0 Å². The first kappa shape index (κ1) is 20.5. The van der Waals surface area contributed by atoms with Crippen LogP contribution in [0.15, 0.2) is 54.6 Å². The Hall–Kier alpha value is -3.19. The smallest absolute Gasteiger partial charge is 0.313 e. The topological polar surface area (TPSA) is 96.5 Å². The van der Waals surface area contributed by atoms with Crippen molar-refractivity contribution in [1.29, 1.82) is 0 Å². The number of nitrogens with one attached hydrogen (secondary N) is 3. The second-order valence-electron chi connectivity index (χ2n) is 7.16. The van der Waals surface area contributed by atoms with E-state index in [1.807, 2.05) is 30.3 Å². The van der Waals surface area contributed by atoms with Gasteiger partial charge in [-0.15, -0.1) is 0 Å². The Morgan fingerprint density at radius 3 is 2.21 bits per heavy atom. The Kier molecular flexibility index (Phi) is 6.61. The molecule has 29 heavy (non-hydrogen) atoms. The summed E-state index contributed by atoms with van der Waals surface area (Å²) in [6, 6.07) is 16.6. The van der Waals surface area contributed by atoms with Crippen LogP contribution in [0.2, 0.25) is 0 Å². The van der Waals surface area contributed by atoms with E-state index in [2.05, 4.69) is 16.0 Å². The van der Waals surface area contributed by atoms with E-state index in [0.29, 0.717) is 31.1 Å². The highest BCUT2D eigenvalue weighted by Gasteiger charge is 2.35. The van der Waals surface area contributed by atoms with Gasteiger partial charge in [0.2, 0.25) is 5.91 Å². The lowest BCUT2D eigenvalue weighted by molar-refractivity contribution is -0.136. The molecule has 1 aliphatic heterocycles. The van der Waals surface area contributed by atoms with E-state index >= 15 is 0 Å². The maximum Gasteiger partial charge on any atom is 0.313 e. The third kappa shape index (κ3) is 5.42. The molecule has 7 nitrogen and oxygen atoms in total. The van der Waals surface area contributed by atoms with Crippen molar-refractivity contribution in [2.45, 2.75) is 25.2 Å². The van der Waals surface area contributed by atoms with Crippen molar-refractivity contribution in [3.05, 3.63) is 60.2 Å². The van der Waals surface area contributed by atoms with Gasteiger partial charge in [-0.1, -0.05) is 36.4 Å². The fraction of sp³-hybridized carbons (Fsp3) is 0.318. The molecule has 0 bridgehead atoms. The average molecular weight is 395 g/mol. The molecule has 2 aromatic rings. The van der Waals surface area contributed by atoms with E-state index < -0.39 is 11.8 Å². The van der Waals surface area contributed by atoms with Gasteiger partial charge in [-0.25, -0.2) is 0 Å². The molecule has 152 valence electrons. The minimum absolute atomic E-state index is 0.214. The highest BCUT2D eigenvalue weighted by Crippen LogP contribution is 2.34. The average Bonchev–Trinajstić information content (AvgIpc) is 2.73. The lowest BCUT2D eigenvalue weighted by Gasteiger charge is -2.37. The number of anilines is 2. The third-order valence-electron chi connectivity index (χ3n) is 5.07. The Labute approximate surface area is 169 Å². The van der Waals surface area contributed by atoms with Crippen LogP contribution in [0.4, 0.5) is 11.4 Å². The van der Waals surface area contributed by atoms with Gasteiger partial charge in [0.25, 0.3) is 0 Å². The standard InChI is InChI=1S/C22H25N3O4/c1-16(26)24-18-8-5-9-19(14-18)25-21(28)20(27)23-15-22(10-12-29-13-11-22)17-6-3-2-4-7-17/h2-9,14H,10-13,15H2,1H3,(H,23,27)(H,24,26)(H,25,28). The van der Waals surface area contributed by atoms with Gasteiger partial charge in [-0.2, -0.15) is 0 Å². The normalized spacial score (nSPS) is 15.2. The van der Waals surface area contributed by atoms with Gasteiger partial charge >= 0.3 is 11.8 Å². The summed E-state index contributed by atoms with van der Waals surface area (Å²) in [7, 11) is 0. The number of hydrogen-bond donors (Lipinski definition) is 3. The largest absolute Gasteiger partial charge is 0.381 e. The summed E-state index contributed by atoms with van der Waals surface area (Å²) in [4.78, 5) is 35.9. The van der Waals surface area contributed by atoms with Crippen molar-refractivity contribution in [3.8, 4) is 0 Å². The molecule has 1 saturated heterocycles. The van der Waals surface area contributed by atoms with Crippen molar-refractivity contribution in [2.24, 2.45) is 0 Å². The highest BCUT2D eigenvalue weighted by atomic mass is 16.5. The van der Waals surface area contributed by atoms with Crippen LogP contribution in [0.3, 0.4) is 0 Å².